The molecule has 16 heavy (non-hydrogen) atoms. The first-order chi connectivity index (χ1) is 7.49. The Morgan fingerprint density at radius 2 is 2.06 bits per heavy atom. The molecular weight excluding hydrogens is 226 g/mol. The number of benzene rings is 1. The Labute approximate surface area is 101 Å². The van der Waals surface area contributed by atoms with Gasteiger partial charge in [0.15, 0.2) is 0 Å². The molecule has 0 fully saturated rings. The molecule has 4 heteroatoms. The predicted molar refractivity (Wildman–Crippen MR) is 65.7 cm³/mol. The van der Waals surface area contributed by atoms with Crippen molar-refractivity contribution in [2.45, 2.75) is 39.0 Å². The van der Waals surface area contributed by atoms with Gasteiger partial charge in [-0.2, -0.15) is 0 Å². The molecule has 90 valence electrons. The zero-order valence-electron chi connectivity index (χ0n) is 9.57. The van der Waals surface area contributed by atoms with Crippen LogP contribution in [-0.2, 0) is 6.54 Å². The Hall–Kier alpha value is -0.770. The minimum Gasteiger partial charge on any atom is -0.508 e. The summed E-state index contributed by atoms with van der Waals surface area (Å²) in [5.74, 6) is 0.237. The lowest BCUT2D eigenvalue weighted by molar-refractivity contribution is 0.170. The first-order valence-electron chi connectivity index (χ1n) is 5.38. The molecule has 0 aliphatic heterocycles. The minimum absolute atomic E-state index is 0.193. The number of rotatable bonds is 5. The second-order valence-corrected chi connectivity index (χ2v) is 4.58. The Kier molecular flexibility index (Phi) is 5.06. The number of halogens is 1. The van der Waals surface area contributed by atoms with Crippen molar-refractivity contribution in [2.75, 3.05) is 0 Å². The average molecular weight is 244 g/mol. The van der Waals surface area contributed by atoms with Gasteiger partial charge in [-0.1, -0.05) is 11.6 Å². The molecule has 1 rings (SSSR count). The lowest BCUT2D eigenvalue weighted by atomic mass is 10.1. The fourth-order valence-corrected chi connectivity index (χ4v) is 1.77. The molecule has 0 heterocycles. The van der Waals surface area contributed by atoms with Crippen LogP contribution in [0.15, 0.2) is 18.2 Å². The van der Waals surface area contributed by atoms with Crippen LogP contribution in [0.3, 0.4) is 0 Å². The van der Waals surface area contributed by atoms with E-state index in [0.717, 1.165) is 5.56 Å². The summed E-state index contributed by atoms with van der Waals surface area (Å²) in [6.45, 7) is 4.30. The summed E-state index contributed by atoms with van der Waals surface area (Å²) in [5.41, 5.74) is 0.768. The van der Waals surface area contributed by atoms with Gasteiger partial charge < -0.3 is 15.5 Å². The largest absolute Gasteiger partial charge is 0.508 e. The molecule has 1 aromatic carbocycles. The van der Waals surface area contributed by atoms with E-state index >= 15 is 0 Å². The molecular formula is C12H18ClNO2. The minimum atomic E-state index is -0.324. The smallest absolute Gasteiger partial charge is 0.120 e. The van der Waals surface area contributed by atoms with Gasteiger partial charge in [-0.15, -0.1) is 0 Å². The number of hydrogen-bond acceptors (Lipinski definition) is 3. The monoisotopic (exact) mass is 243 g/mol. The van der Waals surface area contributed by atoms with Gasteiger partial charge in [0.25, 0.3) is 0 Å². The normalized spacial score (nSPS) is 14.8. The maximum atomic E-state index is 9.58. The number of hydrogen-bond donors (Lipinski definition) is 3. The van der Waals surface area contributed by atoms with Crippen molar-refractivity contribution in [1.82, 2.24) is 5.32 Å². The van der Waals surface area contributed by atoms with Crippen molar-refractivity contribution in [3.63, 3.8) is 0 Å². The molecule has 2 atom stereocenters. The molecule has 3 nitrogen and oxygen atoms in total. The Balaban J connectivity index is 2.51. The summed E-state index contributed by atoms with van der Waals surface area (Å²) >= 11 is 5.84. The molecule has 0 saturated heterocycles. The summed E-state index contributed by atoms with van der Waals surface area (Å²) in [7, 11) is 0. The van der Waals surface area contributed by atoms with Gasteiger partial charge in [-0.05, 0) is 38.5 Å². The van der Waals surface area contributed by atoms with Gasteiger partial charge >= 0.3 is 0 Å². The van der Waals surface area contributed by atoms with Gasteiger partial charge in [0.1, 0.15) is 5.75 Å². The van der Waals surface area contributed by atoms with Crippen LogP contribution in [0.25, 0.3) is 0 Å². The van der Waals surface area contributed by atoms with Crippen LogP contribution < -0.4 is 5.32 Å². The highest BCUT2D eigenvalue weighted by Gasteiger charge is 2.07. The van der Waals surface area contributed by atoms with Crippen molar-refractivity contribution in [3.05, 3.63) is 28.8 Å². The van der Waals surface area contributed by atoms with E-state index in [-0.39, 0.29) is 17.9 Å². The first-order valence-corrected chi connectivity index (χ1v) is 5.75. The topological polar surface area (TPSA) is 52.5 Å². The van der Waals surface area contributed by atoms with E-state index in [2.05, 4.69) is 5.32 Å². The van der Waals surface area contributed by atoms with E-state index in [0.29, 0.717) is 18.0 Å². The highest BCUT2D eigenvalue weighted by atomic mass is 35.5. The molecule has 2 unspecified atom stereocenters. The van der Waals surface area contributed by atoms with Gasteiger partial charge in [-0.25, -0.2) is 0 Å². The molecule has 1 aromatic rings. The second-order valence-electron chi connectivity index (χ2n) is 4.14. The number of phenols is 1. The summed E-state index contributed by atoms with van der Waals surface area (Å²) in [4.78, 5) is 0. The van der Waals surface area contributed by atoms with E-state index in [9.17, 15) is 10.2 Å². The highest BCUT2D eigenvalue weighted by Crippen LogP contribution is 2.21. The van der Waals surface area contributed by atoms with Gasteiger partial charge in [0.2, 0.25) is 0 Å². The zero-order valence-corrected chi connectivity index (χ0v) is 10.3. The number of aliphatic hydroxyl groups is 1. The third kappa shape index (κ3) is 4.39. The summed E-state index contributed by atoms with van der Waals surface area (Å²) in [5, 5.41) is 22.6. The van der Waals surface area contributed by atoms with E-state index < -0.39 is 0 Å². The summed E-state index contributed by atoms with van der Waals surface area (Å²) in [6.07, 6.45) is 0.358. The standard InChI is InChI=1S/C12H18ClNO2/c1-8(5-9(2)15)14-7-10-6-11(13)3-4-12(10)16/h3-4,6,8-9,14-16H,5,7H2,1-2H3. The lowest BCUT2D eigenvalue weighted by Gasteiger charge is -2.15. The van der Waals surface area contributed by atoms with Crippen molar-refractivity contribution in [3.8, 4) is 5.75 Å². The number of aliphatic hydroxyl groups excluding tert-OH is 1. The molecule has 0 bridgehead atoms. The van der Waals surface area contributed by atoms with Crippen LogP contribution in [-0.4, -0.2) is 22.4 Å². The Bertz CT molecular complexity index is 342. The molecule has 0 amide bonds. The Morgan fingerprint density at radius 1 is 1.38 bits per heavy atom. The molecule has 0 aliphatic rings. The van der Waals surface area contributed by atoms with Crippen molar-refractivity contribution in [1.29, 1.82) is 0 Å². The van der Waals surface area contributed by atoms with E-state index in [1.165, 1.54) is 0 Å². The van der Waals surface area contributed by atoms with E-state index in [4.69, 9.17) is 11.6 Å². The first kappa shape index (κ1) is 13.3. The molecule has 0 saturated carbocycles. The number of nitrogens with one attached hydrogen (secondary N) is 1. The van der Waals surface area contributed by atoms with E-state index in [1.54, 1.807) is 25.1 Å². The molecule has 0 spiro atoms. The van der Waals surface area contributed by atoms with Gasteiger partial charge in [0, 0.05) is 23.2 Å². The van der Waals surface area contributed by atoms with Crippen LogP contribution in [0.2, 0.25) is 5.02 Å². The molecule has 0 aromatic heterocycles. The predicted octanol–water partition coefficient (Wildman–Crippen LogP) is 2.29. The number of aromatic hydroxyl groups is 1. The van der Waals surface area contributed by atoms with Crippen LogP contribution in [0.1, 0.15) is 25.8 Å². The SMILES string of the molecule is CC(O)CC(C)NCc1cc(Cl)ccc1O. The maximum absolute atomic E-state index is 9.58. The summed E-state index contributed by atoms with van der Waals surface area (Å²) in [6, 6.07) is 5.16. The fourth-order valence-electron chi connectivity index (χ4n) is 1.57. The fraction of sp³-hybridized carbons (Fsp3) is 0.500. The van der Waals surface area contributed by atoms with Crippen LogP contribution in [0.5, 0.6) is 5.75 Å². The molecule has 0 aliphatic carbocycles. The third-order valence-corrected chi connectivity index (χ3v) is 2.61. The maximum Gasteiger partial charge on any atom is 0.120 e. The van der Waals surface area contributed by atoms with Crippen LogP contribution in [0.4, 0.5) is 0 Å². The highest BCUT2D eigenvalue weighted by molar-refractivity contribution is 6.30. The van der Waals surface area contributed by atoms with Gasteiger partial charge in [0.05, 0.1) is 6.10 Å². The van der Waals surface area contributed by atoms with Crippen molar-refractivity contribution >= 4 is 11.6 Å². The number of phenolic OH excluding ortho intramolecular Hbond substituents is 1. The lowest BCUT2D eigenvalue weighted by Crippen LogP contribution is -2.28. The van der Waals surface area contributed by atoms with Crippen LogP contribution >= 0.6 is 11.6 Å². The van der Waals surface area contributed by atoms with Crippen molar-refractivity contribution in [2.24, 2.45) is 0 Å². The Morgan fingerprint density at radius 3 is 2.69 bits per heavy atom. The summed E-state index contributed by atoms with van der Waals surface area (Å²) < 4.78 is 0. The van der Waals surface area contributed by atoms with Crippen LogP contribution in [0, 0.1) is 0 Å². The average Bonchev–Trinajstić information content (AvgIpc) is 2.18. The quantitative estimate of drug-likeness (QED) is 0.744. The van der Waals surface area contributed by atoms with Gasteiger partial charge in [-0.3, -0.25) is 0 Å². The molecule has 3 N–H and O–H groups in total. The zero-order chi connectivity index (χ0) is 12.1. The second kappa shape index (κ2) is 6.09. The third-order valence-electron chi connectivity index (χ3n) is 2.38. The van der Waals surface area contributed by atoms with Crippen molar-refractivity contribution < 1.29 is 10.2 Å². The molecule has 0 radical (unpaired) electrons. The van der Waals surface area contributed by atoms with E-state index in [1.807, 2.05) is 6.92 Å².